The first-order valence-electron chi connectivity index (χ1n) is 11.8. The standard InChI is InChI=1S/C24H36N2O5/c1-14(22(29)30)25-21(28)13-31-26-16-8-10-23(2)15(12-16)4-5-17-18-6-7-20(27)24(18,3)11-9-19(17)23/h12,14,17-20,27H,4-11,13H2,1-3H3,(H,25,28)(H,29,30)/b26-16-/t14-,17+,18+,19+,20-,23+,24+/m1/s1. The molecule has 0 radical (unpaired) electrons. The molecule has 4 rings (SSSR count). The maximum atomic E-state index is 11.8. The minimum absolute atomic E-state index is 0.104. The molecule has 0 aromatic heterocycles. The molecule has 7 heteroatoms. The Labute approximate surface area is 184 Å². The normalized spacial score (nSPS) is 41.4. The first-order valence-corrected chi connectivity index (χ1v) is 11.8. The number of carbonyl (C=O) groups is 2. The van der Waals surface area contributed by atoms with Crippen LogP contribution in [-0.4, -0.2) is 46.6 Å². The molecule has 0 unspecified atom stereocenters. The molecule has 3 fully saturated rings. The van der Waals surface area contributed by atoms with E-state index < -0.39 is 17.9 Å². The number of fused-ring (bicyclic) bond motifs is 5. The van der Waals surface area contributed by atoms with Crippen LogP contribution in [0.3, 0.4) is 0 Å². The van der Waals surface area contributed by atoms with Gasteiger partial charge in [-0.15, -0.1) is 0 Å². The number of aliphatic hydroxyl groups is 1. The summed E-state index contributed by atoms with van der Waals surface area (Å²) in [6.45, 7) is 5.86. The largest absolute Gasteiger partial charge is 0.480 e. The fraction of sp³-hybridized carbons (Fsp3) is 0.792. The average Bonchev–Trinajstić information content (AvgIpc) is 3.02. The van der Waals surface area contributed by atoms with Gasteiger partial charge >= 0.3 is 5.97 Å². The third kappa shape index (κ3) is 3.90. The predicted octanol–water partition coefficient (Wildman–Crippen LogP) is 3.27. The Balaban J connectivity index is 1.41. The van der Waals surface area contributed by atoms with Crippen LogP contribution >= 0.6 is 0 Å². The summed E-state index contributed by atoms with van der Waals surface area (Å²) in [6, 6.07) is -0.949. The molecular weight excluding hydrogens is 396 g/mol. The van der Waals surface area contributed by atoms with Crippen LogP contribution in [0.5, 0.6) is 0 Å². The maximum absolute atomic E-state index is 11.8. The number of oxime groups is 1. The lowest BCUT2D eigenvalue weighted by Crippen LogP contribution is -2.51. The molecule has 0 aromatic carbocycles. The van der Waals surface area contributed by atoms with Crippen molar-refractivity contribution in [1.82, 2.24) is 5.32 Å². The van der Waals surface area contributed by atoms with Gasteiger partial charge in [-0.3, -0.25) is 9.59 Å². The summed E-state index contributed by atoms with van der Waals surface area (Å²) in [7, 11) is 0. The average molecular weight is 433 g/mol. The molecule has 1 amide bonds. The van der Waals surface area contributed by atoms with E-state index in [1.54, 1.807) is 0 Å². The van der Waals surface area contributed by atoms with E-state index in [0.29, 0.717) is 17.8 Å². The van der Waals surface area contributed by atoms with Crippen LogP contribution in [0.2, 0.25) is 0 Å². The molecule has 3 N–H and O–H groups in total. The molecule has 0 aromatic rings. The number of nitrogens with one attached hydrogen (secondary N) is 1. The molecule has 0 spiro atoms. The molecule has 0 saturated heterocycles. The molecule has 7 nitrogen and oxygen atoms in total. The van der Waals surface area contributed by atoms with Gasteiger partial charge in [0.2, 0.25) is 0 Å². The lowest BCUT2D eigenvalue weighted by molar-refractivity contribution is -0.142. The van der Waals surface area contributed by atoms with E-state index in [2.05, 4.69) is 30.4 Å². The number of amides is 1. The number of rotatable bonds is 5. The van der Waals surface area contributed by atoms with Gasteiger partial charge < -0.3 is 20.4 Å². The first kappa shape index (κ1) is 22.3. The first-order chi connectivity index (χ1) is 14.6. The molecule has 0 heterocycles. The van der Waals surface area contributed by atoms with E-state index in [9.17, 15) is 14.7 Å². The van der Waals surface area contributed by atoms with Crippen molar-refractivity contribution in [2.24, 2.45) is 33.7 Å². The fourth-order valence-corrected chi connectivity index (χ4v) is 7.13. The summed E-state index contributed by atoms with van der Waals surface area (Å²) < 4.78 is 0. The Morgan fingerprint density at radius 3 is 2.71 bits per heavy atom. The number of nitrogens with zero attached hydrogens (tertiary/aromatic N) is 1. The van der Waals surface area contributed by atoms with E-state index in [0.717, 1.165) is 44.2 Å². The summed E-state index contributed by atoms with van der Waals surface area (Å²) >= 11 is 0. The number of hydrogen-bond donors (Lipinski definition) is 3. The second-order valence-corrected chi connectivity index (χ2v) is 10.6. The number of carboxylic acid groups (broad SMARTS) is 1. The molecular formula is C24H36N2O5. The Hall–Kier alpha value is -1.89. The van der Waals surface area contributed by atoms with Crippen molar-refractivity contribution in [1.29, 1.82) is 0 Å². The summed E-state index contributed by atoms with van der Waals surface area (Å²) in [4.78, 5) is 27.8. The zero-order valence-corrected chi connectivity index (χ0v) is 18.9. The van der Waals surface area contributed by atoms with Gasteiger partial charge in [0.1, 0.15) is 6.04 Å². The SMILES string of the molecule is C[C@@H](NC(=O)CO/N=C1\C=C2CC[C@H]3[C@@H]4CC[C@@H](O)[C@@]4(C)CC[C@@H]3[C@@]2(C)CC1)C(=O)O. The zero-order chi connectivity index (χ0) is 22.4. The minimum Gasteiger partial charge on any atom is -0.480 e. The monoisotopic (exact) mass is 432 g/mol. The summed E-state index contributed by atoms with van der Waals surface area (Å²) in [5.41, 5.74) is 2.60. The van der Waals surface area contributed by atoms with Crippen molar-refractivity contribution in [2.45, 2.75) is 84.3 Å². The van der Waals surface area contributed by atoms with Crippen molar-refractivity contribution in [3.8, 4) is 0 Å². The maximum Gasteiger partial charge on any atom is 0.325 e. The second-order valence-electron chi connectivity index (χ2n) is 10.6. The lowest BCUT2D eigenvalue weighted by atomic mass is 9.47. The topological polar surface area (TPSA) is 108 Å². The van der Waals surface area contributed by atoms with Crippen molar-refractivity contribution >= 4 is 17.6 Å². The third-order valence-electron chi connectivity index (χ3n) is 9.05. The Bertz CT molecular complexity index is 808. The van der Waals surface area contributed by atoms with Gasteiger partial charge in [-0.25, -0.2) is 0 Å². The Morgan fingerprint density at radius 1 is 1.19 bits per heavy atom. The highest BCUT2D eigenvalue weighted by molar-refractivity contribution is 5.96. The van der Waals surface area contributed by atoms with Crippen molar-refractivity contribution in [3.05, 3.63) is 11.6 Å². The van der Waals surface area contributed by atoms with Crippen LogP contribution < -0.4 is 5.32 Å². The smallest absolute Gasteiger partial charge is 0.325 e. The number of carbonyl (C=O) groups excluding carboxylic acids is 1. The van der Waals surface area contributed by atoms with Crippen LogP contribution in [0, 0.1) is 28.6 Å². The van der Waals surface area contributed by atoms with Gasteiger partial charge in [-0.1, -0.05) is 24.6 Å². The van der Waals surface area contributed by atoms with Crippen molar-refractivity contribution < 1.29 is 24.6 Å². The fourth-order valence-electron chi connectivity index (χ4n) is 7.13. The summed E-state index contributed by atoms with van der Waals surface area (Å²) in [5.74, 6) is 0.442. The van der Waals surface area contributed by atoms with Gasteiger partial charge in [-0.2, -0.15) is 0 Å². The zero-order valence-electron chi connectivity index (χ0n) is 18.9. The van der Waals surface area contributed by atoms with E-state index in [4.69, 9.17) is 9.94 Å². The Morgan fingerprint density at radius 2 is 1.97 bits per heavy atom. The van der Waals surface area contributed by atoms with E-state index in [1.165, 1.54) is 25.3 Å². The molecule has 172 valence electrons. The molecule has 3 saturated carbocycles. The highest BCUT2D eigenvalue weighted by Gasteiger charge is 2.58. The van der Waals surface area contributed by atoms with Gasteiger partial charge in [0, 0.05) is 0 Å². The van der Waals surface area contributed by atoms with E-state index >= 15 is 0 Å². The number of allylic oxidation sites excluding steroid dienone is 2. The van der Waals surface area contributed by atoms with Gasteiger partial charge in [0.15, 0.2) is 6.61 Å². The molecule has 0 bridgehead atoms. The van der Waals surface area contributed by atoms with Crippen molar-refractivity contribution in [3.63, 3.8) is 0 Å². The van der Waals surface area contributed by atoms with Crippen LogP contribution in [0.25, 0.3) is 0 Å². The molecule has 4 aliphatic carbocycles. The number of carboxylic acids is 1. The van der Waals surface area contributed by atoms with Crippen LogP contribution in [-0.2, 0) is 14.4 Å². The van der Waals surface area contributed by atoms with Gasteiger partial charge in [0.05, 0.1) is 11.8 Å². The van der Waals surface area contributed by atoms with Gasteiger partial charge in [-0.05, 0) is 93.0 Å². The number of hydrogen-bond acceptors (Lipinski definition) is 5. The quantitative estimate of drug-likeness (QED) is 0.578. The highest BCUT2D eigenvalue weighted by atomic mass is 16.6. The summed E-state index contributed by atoms with van der Waals surface area (Å²) in [6.07, 6.45) is 10.6. The third-order valence-corrected chi connectivity index (χ3v) is 9.05. The van der Waals surface area contributed by atoms with Crippen molar-refractivity contribution in [2.75, 3.05) is 6.61 Å². The number of aliphatic carboxylic acids is 1. The lowest BCUT2D eigenvalue weighted by Gasteiger charge is -2.57. The van der Waals surface area contributed by atoms with Crippen LogP contribution in [0.1, 0.15) is 72.1 Å². The minimum atomic E-state index is -1.08. The molecule has 7 atom stereocenters. The summed E-state index contributed by atoms with van der Waals surface area (Å²) in [5, 5.41) is 26.0. The predicted molar refractivity (Wildman–Crippen MR) is 116 cm³/mol. The van der Waals surface area contributed by atoms with E-state index in [1.807, 2.05) is 0 Å². The van der Waals surface area contributed by atoms with Crippen LogP contribution in [0.4, 0.5) is 0 Å². The molecule has 31 heavy (non-hydrogen) atoms. The Kier molecular flexibility index (Phi) is 5.92. The van der Waals surface area contributed by atoms with Gasteiger partial charge in [0.25, 0.3) is 5.91 Å². The molecule has 4 aliphatic rings. The van der Waals surface area contributed by atoms with Crippen LogP contribution in [0.15, 0.2) is 16.8 Å². The highest BCUT2D eigenvalue weighted by Crippen LogP contribution is 2.65. The second kappa shape index (κ2) is 8.23. The molecule has 0 aliphatic heterocycles. The number of aliphatic hydroxyl groups excluding tert-OH is 1. The van der Waals surface area contributed by atoms with E-state index in [-0.39, 0.29) is 23.5 Å².